The Balaban J connectivity index is 1.72. The summed E-state index contributed by atoms with van der Waals surface area (Å²) in [6, 6.07) is 11.2. The molecular formula is C21H19N3O6. The maximum atomic E-state index is 12.6. The molecule has 0 aliphatic rings. The molecule has 9 heteroatoms. The highest BCUT2D eigenvalue weighted by molar-refractivity contribution is 6.00. The lowest BCUT2D eigenvalue weighted by Crippen LogP contribution is -2.22. The number of anilines is 1. The van der Waals surface area contributed by atoms with E-state index in [0.29, 0.717) is 11.3 Å². The van der Waals surface area contributed by atoms with Gasteiger partial charge in [0.2, 0.25) is 0 Å². The third-order valence-corrected chi connectivity index (χ3v) is 4.54. The van der Waals surface area contributed by atoms with Crippen molar-refractivity contribution in [3.05, 3.63) is 69.4 Å². The second kappa shape index (κ2) is 8.56. The second-order valence-corrected chi connectivity index (χ2v) is 6.48. The molecule has 154 valence electrons. The Morgan fingerprint density at radius 3 is 2.60 bits per heavy atom. The quantitative estimate of drug-likeness (QED) is 0.375. The van der Waals surface area contributed by atoms with Gasteiger partial charge >= 0.3 is 5.97 Å². The van der Waals surface area contributed by atoms with Crippen LogP contribution in [-0.4, -0.2) is 35.5 Å². The molecule has 0 aliphatic heterocycles. The molecule has 0 saturated heterocycles. The molecule has 1 aromatic heterocycles. The topological polar surface area (TPSA) is 121 Å². The van der Waals surface area contributed by atoms with Gasteiger partial charge in [0.05, 0.1) is 40.6 Å². The zero-order chi connectivity index (χ0) is 21.8. The van der Waals surface area contributed by atoms with Gasteiger partial charge in [-0.1, -0.05) is 18.2 Å². The van der Waals surface area contributed by atoms with E-state index in [1.54, 1.807) is 13.8 Å². The first-order valence-electron chi connectivity index (χ1n) is 8.97. The minimum atomic E-state index is -0.658. The van der Waals surface area contributed by atoms with Crippen LogP contribution in [0.1, 0.15) is 21.6 Å². The van der Waals surface area contributed by atoms with Crippen LogP contribution in [-0.2, 0) is 9.53 Å². The molecule has 3 aromatic rings. The van der Waals surface area contributed by atoms with Gasteiger partial charge in [0.25, 0.3) is 11.6 Å². The van der Waals surface area contributed by atoms with Crippen molar-refractivity contribution in [1.82, 2.24) is 4.98 Å². The number of aryl methyl sites for hydroxylation is 2. The van der Waals surface area contributed by atoms with Crippen molar-refractivity contribution in [2.45, 2.75) is 13.8 Å². The van der Waals surface area contributed by atoms with Crippen LogP contribution in [0.5, 0.6) is 5.75 Å². The van der Waals surface area contributed by atoms with Crippen LogP contribution < -0.4 is 10.1 Å². The maximum Gasteiger partial charge on any atom is 0.340 e. The molecule has 1 amide bonds. The molecule has 0 atom stereocenters. The van der Waals surface area contributed by atoms with Gasteiger partial charge < -0.3 is 14.8 Å². The summed E-state index contributed by atoms with van der Waals surface area (Å²) in [6.45, 7) is 2.97. The summed E-state index contributed by atoms with van der Waals surface area (Å²) in [5.74, 6) is -1.15. The summed E-state index contributed by atoms with van der Waals surface area (Å²) >= 11 is 0. The number of aromatic nitrogens is 1. The molecule has 1 N–H and O–H groups in total. The van der Waals surface area contributed by atoms with Gasteiger partial charge in [-0.2, -0.15) is 0 Å². The number of benzene rings is 2. The normalized spacial score (nSPS) is 10.5. The van der Waals surface area contributed by atoms with Gasteiger partial charge in [0.1, 0.15) is 5.75 Å². The van der Waals surface area contributed by atoms with E-state index in [4.69, 9.17) is 9.47 Å². The van der Waals surface area contributed by atoms with E-state index in [0.717, 1.165) is 16.5 Å². The SMILES string of the molecule is COc1cc([N+](=O)[O-])ccc1NC(=O)COC(=O)c1c(C)nc2ccccc2c1C. The lowest BCUT2D eigenvalue weighted by Gasteiger charge is -2.13. The number of carbonyl (C=O) groups is 2. The average Bonchev–Trinajstić information content (AvgIpc) is 2.72. The van der Waals surface area contributed by atoms with Gasteiger partial charge in [-0.15, -0.1) is 0 Å². The molecule has 0 radical (unpaired) electrons. The van der Waals surface area contributed by atoms with Crippen molar-refractivity contribution in [2.75, 3.05) is 19.0 Å². The van der Waals surface area contributed by atoms with Crippen molar-refractivity contribution < 1.29 is 24.0 Å². The first-order chi connectivity index (χ1) is 14.3. The molecular weight excluding hydrogens is 390 g/mol. The van der Waals surface area contributed by atoms with Crippen LogP contribution in [0.15, 0.2) is 42.5 Å². The van der Waals surface area contributed by atoms with Crippen LogP contribution in [0.25, 0.3) is 10.9 Å². The number of para-hydroxylation sites is 1. The molecule has 0 unspecified atom stereocenters. The molecule has 1 heterocycles. The summed E-state index contributed by atoms with van der Waals surface area (Å²) in [6.07, 6.45) is 0. The number of amides is 1. The number of nitrogens with zero attached hydrogens (tertiary/aromatic N) is 2. The number of nitro benzene ring substituents is 1. The predicted octanol–water partition coefficient (Wildman–Crippen LogP) is 3.56. The Morgan fingerprint density at radius 1 is 1.17 bits per heavy atom. The van der Waals surface area contributed by atoms with Crippen LogP contribution in [0.2, 0.25) is 0 Å². The first kappa shape index (κ1) is 20.7. The number of hydrogen-bond donors (Lipinski definition) is 1. The van der Waals surface area contributed by atoms with Crippen LogP contribution in [0.3, 0.4) is 0 Å². The molecule has 0 saturated carbocycles. The number of esters is 1. The zero-order valence-corrected chi connectivity index (χ0v) is 16.6. The van der Waals surface area contributed by atoms with E-state index in [1.807, 2.05) is 24.3 Å². The van der Waals surface area contributed by atoms with Crippen molar-refractivity contribution in [2.24, 2.45) is 0 Å². The molecule has 30 heavy (non-hydrogen) atoms. The van der Waals surface area contributed by atoms with Gasteiger partial charge in [-0.05, 0) is 31.5 Å². The van der Waals surface area contributed by atoms with Crippen molar-refractivity contribution >= 4 is 34.2 Å². The van der Waals surface area contributed by atoms with Crippen LogP contribution >= 0.6 is 0 Å². The number of pyridine rings is 1. The standard InChI is InChI=1S/C21H19N3O6/c1-12-15-6-4-5-7-16(15)22-13(2)20(12)21(26)30-11-19(25)23-17-9-8-14(24(27)28)10-18(17)29-3/h4-10H,11H2,1-3H3,(H,23,25). The number of non-ortho nitro benzene ring substituents is 1. The van der Waals surface area contributed by atoms with E-state index < -0.39 is 23.4 Å². The number of methoxy groups -OCH3 is 1. The lowest BCUT2D eigenvalue weighted by molar-refractivity contribution is -0.384. The number of fused-ring (bicyclic) bond motifs is 1. The number of rotatable bonds is 6. The Labute approximate surface area is 171 Å². The van der Waals surface area contributed by atoms with Crippen molar-refractivity contribution in [1.29, 1.82) is 0 Å². The van der Waals surface area contributed by atoms with Gasteiger partial charge in [0.15, 0.2) is 6.61 Å². The van der Waals surface area contributed by atoms with Gasteiger partial charge in [-0.3, -0.25) is 19.9 Å². The average molecular weight is 409 g/mol. The molecule has 0 aliphatic carbocycles. The number of ether oxygens (including phenoxy) is 2. The van der Waals surface area contributed by atoms with Crippen molar-refractivity contribution in [3.63, 3.8) is 0 Å². The van der Waals surface area contributed by atoms with Crippen LogP contribution in [0, 0.1) is 24.0 Å². The largest absolute Gasteiger partial charge is 0.494 e. The third kappa shape index (κ3) is 4.19. The maximum absolute atomic E-state index is 12.6. The summed E-state index contributed by atoms with van der Waals surface area (Å²) in [5, 5.41) is 14.2. The minimum Gasteiger partial charge on any atom is -0.494 e. The van der Waals surface area contributed by atoms with E-state index in [2.05, 4.69) is 10.3 Å². The highest BCUT2D eigenvalue weighted by Gasteiger charge is 2.19. The molecule has 0 spiro atoms. The molecule has 0 bridgehead atoms. The third-order valence-electron chi connectivity index (χ3n) is 4.54. The highest BCUT2D eigenvalue weighted by atomic mass is 16.6. The van der Waals surface area contributed by atoms with Crippen molar-refractivity contribution in [3.8, 4) is 5.75 Å². The Hall–Kier alpha value is -4.01. The van der Waals surface area contributed by atoms with E-state index in [9.17, 15) is 19.7 Å². The number of nitrogens with one attached hydrogen (secondary N) is 1. The Morgan fingerprint density at radius 2 is 1.90 bits per heavy atom. The summed E-state index contributed by atoms with van der Waals surface area (Å²) in [4.78, 5) is 39.5. The summed E-state index contributed by atoms with van der Waals surface area (Å²) in [7, 11) is 1.33. The summed E-state index contributed by atoms with van der Waals surface area (Å²) < 4.78 is 10.2. The number of hydrogen-bond acceptors (Lipinski definition) is 7. The molecule has 0 fully saturated rings. The summed E-state index contributed by atoms with van der Waals surface area (Å²) in [5.41, 5.74) is 2.37. The van der Waals surface area contributed by atoms with E-state index in [1.165, 1.54) is 25.3 Å². The Kier molecular flexibility index (Phi) is 5.91. The zero-order valence-electron chi connectivity index (χ0n) is 16.6. The number of nitro groups is 1. The first-order valence-corrected chi connectivity index (χ1v) is 8.97. The van der Waals surface area contributed by atoms with E-state index in [-0.39, 0.29) is 17.1 Å². The predicted molar refractivity (Wildman–Crippen MR) is 110 cm³/mol. The highest BCUT2D eigenvalue weighted by Crippen LogP contribution is 2.29. The Bertz CT molecular complexity index is 1160. The van der Waals surface area contributed by atoms with Gasteiger partial charge in [-0.25, -0.2) is 4.79 Å². The minimum absolute atomic E-state index is 0.120. The molecule has 2 aromatic carbocycles. The molecule has 3 rings (SSSR count). The molecule has 9 nitrogen and oxygen atoms in total. The van der Waals surface area contributed by atoms with E-state index >= 15 is 0 Å². The fourth-order valence-corrected chi connectivity index (χ4v) is 3.12. The second-order valence-electron chi connectivity index (χ2n) is 6.48. The van der Waals surface area contributed by atoms with Crippen LogP contribution in [0.4, 0.5) is 11.4 Å². The van der Waals surface area contributed by atoms with Gasteiger partial charge in [0, 0.05) is 11.5 Å². The monoisotopic (exact) mass is 409 g/mol. The fraction of sp³-hybridized carbons (Fsp3) is 0.190. The number of carbonyl (C=O) groups excluding carboxylic acids is 2. The smallest absolute Gasteiger partial charge is 0.340 e. The fourth-order valence-electron chi connectivity index (χ4n) is 3.12. The lowest BCUT2D eigenvalue weighted by atomic mass is 10.0.